The summed E-state index contributed by atoms with van der Waals surface area (Å²) in [6, 6.07) is 6.07. The number of hydrogen-bond donors (Lipinski definition) is 0. The largest absolute Gasteiger partial charge is 0.301 e. The van der Waals surface area contributed by atoms with Gasteiger partial charge in [0.25, 0.3) is 0 Å². The molecule has 18 heavy (non-hydrogen) atoms. The van der Waals surface area contributed by atoms with Crippen LogP contribution >= 0.6 is 21.6 Å². The Balaban J connectivity index is 1.56. The van der Waals surface area contributed by atoms with E-state index in [1.54, 1.807) is 10.8 Å². The van der Waals surface area contributed by atoms with E-state index < -0.39 is 0 Å². The first-order chi connectivity index (χ1) is 8.88. The minimum absolute atomic E-state index is 1.11. The zero-order chi connectivity index (χ0) is 12.6. The lowest BCUT2D eigenvalue weighted by atomic mass is 10.3. The molecule has 0 aromatic carbocycles. The molecule has 0 atom stereocenters. The monoisotopic (exact) mass is 283 g/mol. The third kappa shape index (κ3) is 4.80. The van der Waals surface area contributed by atoms with Crippen molar-refractivity contribution < 1.29 is 0 Å². The van der Waals surface area contributed by atoms with Crippen molar-refractivity contribution in [3.8, 4) is 0 Å². The fraction of sp³-hybridized carbons (Fsp3) is 0.615. The fourth-order valence-corrected chi connectivity index (χ4v) is 3.90. The van der Waals surface area contributed by atoms with Crippen molar-refractivity contribution in [2.45, 2.75) is 11.9 Å². The molecule has 0 N–H and O–H groups in total. The van der Waals surface area contributed by atoms with Gasteiger partial charge in [-0.3, -0.25) is 4.90 Å². The molecule has 1 fully saturated rings. The van der Waals surface area contributed by atoms with E-state index in [1.807, 2.05) is 29.1 Å². The maximum absolute atomic E-state index is 4.31. The van der Waals surface area contributed by atoms with Gasteiger partial charge in [0.2, 0.25) is 0 Å². The quantitative estimate of drug-likeness (QED) is 0.588. The van der Waals surface area contributed by atoms with Crippen molar-refractivity contribution in [3.05, 3.63) is 24.4 Å². The molecular weight excluding hydrogens is 262 g/mol. The van der Waals surface area contributed by atoms with E-state index in [2.05, 4.69) is 27.8 Å². The minimum Gasteiger partial charge on any atom is -0.301 e. The molecule has 1 aromatic rings. The van der Waals surface area contributed by atoms with E-state index in [4.69, 9.17) is 0 Å². The number of hydrogen-bond acceptors (Lipinski definition) is 5. The second kappa shape index (κ2) is 8.04. The summed E-state index contributed by atoms with van der Waals surface area (Å²) in [7, 11) is 3.69. The van der Waals surface area contributed by atoms with E-state index in [-0.39, 0.29) is 0 Å². The molecule has 1 saturated heterocycles. The summed E-state index contributed by atoms with van der Waals surface area (Å²) in [5, 5.41) is 1.11. The van der Waals surface area contributed by atoms with Gasteiger partial charge < -0.3 is 4.90 Å². The highest BCUT2D eigenvalue weighted by atomic mass is 33.1. The third-order valence-electron chi connectivity index (χ3n) is 3.19. The van der Waals surface area contributed by atoms with Crippen molar-refractivity contribution in [1.29, 1.82) is 0 Å². The summed E-state index contributed by atoms with van der Waals surface area (Å²) in [6.07, 6.45) is 1.85. The second-order valence-electron chi connectivity index (χ2n) is 4.35. The predicted molar refractivity (Wildman–Crippen MR) is 81.1 cm³/mol. The van der Waals surface area contributed by atoms with Gasteiger partial charge in [-0.15, -0.1) is 0 Å². The van der Waals surface area contributed by atoms with Gasteiger partial charge in [0.05, 0.1) is 0 Å². The first-order valence-corrected chi connectivity index (χ1v) is 8.85. The number of pyridine rings is 1. The molecule has 1 aliphatic heterocycles. The Labute approximate surface area is 118 Å². The van der Waals surface area contributed by atoms with Crippen molar-refractivity contribution in [1.82, 2.24) is 14.8 Å². The summed E-state index contributed by atoms with van der Waals surface area (Å²) >= 11 is 0. The number of rotatable bonds is 6. The van der Waals surface area contributed by atoms with Crippen LogP contribution in [-0.2, 0) is 0 Å². The number of piperazine rings is 1. The van der Waals surface area contributed by atoms with Crippen LogP contribution in [0.3, 0.4) is 0 Å². The van der Waals surface area contributed by atoms with Gasteiger partial charge in [-0.05, 0) is 29.5 Å². The summed E-state index contributed by atoms with van der Waals surface area (Å²) in [4.78, 5) is 9.39. The third-order valence-corrected chi connectivity index (χ3v) is 5.43. The number of nitrogens with zero attached hydrogens (tertiary/aromatic N) is 3. The maximum atomic E-state index is 4.31. The van der Waals surface area contributed by atoms with E-state index in [9.17, 15) is 0 Å². The SMILES string of the molecule is CCN1CCN(CCSSc2ccccn2)CC1. The lowest BCUT2D eigenvalue weighted by molar-refractivity contribution is 0.143. The van der Waals surface area contributed by atoms with Gasteiger partial charge in [-0.25, -0.2) is 4.98 Å². The molecule has 3 nitrogen and oxygen atoms in total. The first kappa shape index (κ1) is 14.2. The fourth-order valence-electron chi connectivity index (χ4n) is 1.99. The molecule has 0 unspecified atom stereocenters. The highest BCUT2D eigenvalue weighted by Gasteiger charge is 2.14. The molecule has 1 aliphatic rings. The molecule has 0 aliphatic carbocycles. The van der Waals surface area contributed by atoms with Gasteiger partial charge in [-0.1, -0.05) is 23.8 Å². The van der Waals surface area contributed by atoms with Crippen LogP contribution in [0.2, 0.25) is 0 Å². The summed E-state index contributed by atoms with van der Waals surface area (Å²) in [5.74, 6) is 1.17. The molecule has 0 saturated carbocycles. The predicted octanol–water partition coefficient (Wildman–Crippen LogP) is 2.46. The van der Waals surface area contributed by atoms with E-state index in [0.29, 0.717) is 0 Å². The molecule has 0 radical (unpaired) electrons. The molecule has 0 bridgehead atoms. The molecule has 100 valence electrons. The van der Waals surface area contributed by atoms with Crippen LogP contribution < -0.4 is 0 Å². The Morgan fingerprint density at radius 3 is 2.61 bits per heavy atom. The van der Waals surface area contributed by atoms with Gasteiger partial charge in [0, 0.05) is 44.7 Å². The minimum atomic E-state index is 1.11. The molecule has 1 aromatic heterocycles. The summed E-state index contributed by atoms with van der Waals surface area (Å²) < 4.78 is 0. The van der Waals surface area contributed by atoms with E-state index in [0.717, 1.165) is 5.03 Å². The highest BCUT2D eigenvalue weighted by Crippen LogP contribution is 2.28. The number of aromatic nitrogens is 1. The normalized spacial score (nSPS) is 18.1. The Kier molecular flexibility index (Phi) is 6.34. The van der Waals surface area contributed by atoms with E-state index >= 15 is 0 Å². The summed E-state index contributed by atoms with van der Waals surface area (Å²) in [6.45, 7) is 9.55. The van der Waals surface area contributed by atoms with Crippen molar-refractivity contribution >= 4 is 21.6 Å². The Hall–Kier alpha value is -0.230. The van der Waals surface area contributed by atoms with Crippen LogP contribution in [0, 0.1) is 0 Å². The Bertz CT molecular complexity index is 326. The topological polar surface area (TPSA) is 19.4 Å². The van der Waals surface area contributed by atoms with Crippen molar-refractivity contribution in [2.24, 2.45) is 0 Å². The lowest BCUT2D eigenvalue weighted by Crippen LogP contribution is -2.46. The van der Waals surface area contributed by atoms with Crippen LogP contribution in [0.5, 0.6) is 0 Å². The molecular formula is C13H21N3S2. The van der Waals surface area contributed by atoms with Gasteiger partial charge in [0.15, 0.2) is 0 Å². The molecule has 5 heteroatoms. The van der Waals surface area contributed by atoms with Crippen LogP contribution in [0.1, 0.15) is 6.92 Å². The van der Waals surface area contributed by atoms with Crippen molar-refractivity contribution in [3.63, 3.8) is 0 Å². The van der Waals surface area contributed by atoms with Gasteiger partial charge >= 0.3 is 0 Å². The number of likely N-dealkylation sites (N-methyl/N-ethyl adjacent to an activating group) is 1. The second-order valence-corrected chi connectivity index (χ2v) is 6.79. The smallest absolute Gasteiger partial charge is 0.106 e. The van der Waals surface area contributed by atoms with Crippen LogP contribution in [0.25, 0.3) is 0 Å². The average molecular weight is 283 g/mol. The zero-order valence-electron chi connectivity index (χ0n) is 10.9. The Morgan fingerprint density at radius 1 is 1.17 bits per heavy atom. The van der Waals surface area contributed by atoms with Crippen molar-refractivity contribution in [2.75, 3.05) is 45.0 Å². The van der Waals surface area contributed by atoms with Gasteiger partial charge in [0.1, 0.15) is 5.03 Å². The van der Waals surface area contributed by atoms with E-state index in [1.165, 1.54) is 45.0 Å². The molecule has 2 heterocycles. The zero-order valence-corrected chi connectivity index (χ0v) is 12.6. The molecule has 0 amide bonds. The van der Waals surface area contributed by atoms with Crippen LogP contribution in [0.4, 0.5) is 0 Å². The molecule has 2 rings (SSSR count). The lowest BCUT2D eigenvalue weighted by Gasteiger charge is -2.33. The molecule has 0 spiro atoms. The highest BCUT2D eigenvalue weighted by molar-refractivity contribution is 8.76. The average Bonchev–Trinajstić information content (AvgIpc) is 2.45. The summed E-state index contributed by atoms with van der Waals surface area (Å²) in [5.41, 5.74) is 0. The Morgan fingerprint density at radius 2 is 1.94 bits per heavy atom. The first-order valence-electron chi connectivity index (χ1n) is 6.53. The maximum Gasteiger partial charge on any atom is 0.106 e. The van der Waals surface area contributed by atoms with Gasteiger partial charge in [-0.2, -0.15) is 0 Å². The van der Waals surface area contributed by atoms with Crippen LogP contribution in [0.15, 0.2) is 29.4 Å². The van der Waals surface area contributed by atoms with Crippen LogP contribution in [-0.4, -0.2) is 59.8 Å². The standard InChI is InChI=1S/C13H21N3S2/c1-2-15-7-9-16(10-8-15)11-12-17-18-13-5-3-4-6-14-13/h3-6H,2,7-12H2,1H3.